The van der Waals surface area contributed by atoms with Gasteiger partial charge >= 0.3 is 5.97 Å². The summed E-state index contributed by atoms with van der Waals surface area (Å²) in [5.41, 5.74) is 8.18. The van der Waals surface area contributed by atoms with Crippen molar-refractivity contribution in [3.8, 4) is 0 Å². The summed E-state index contributed by atoms with van der Waals surface area (Å²) in [6.07, 6.45) is 0.572. The van der Waals surface area contributed by atoms with Crippen LogP contribution in [-0.2, 0) is 28.7 Å². The predicted octanol–water partition coefficient (Wildman–Crippen LogP) is 0.506. The topological polar surface area (TPSA) is 200 Å². The Morgan fingerprint density at radius 1 is 1.06 bits per heavy atom. The Kier molecular flexibility index (Phi) is 15.2. The lowest BCUT2D eigenvalue weighted by molar-refractivity contribution is -0.140. The molecule has 0 aliphatic carbocycles. The zero-order valence-corrected chi connectivity index (χ0v) is 19.6. The first-order valence-corrected chi connectivity index (χ1v) is 10.9. The molecule has 0 heterocycles. The highest BCUT2D eigenvalue weighted by molar-refractivity contribution is 6.28. The van der Waals surface area contributed by atoms with E-state index in [9.17, 15) is 24.0 Å². The summed E-state index contributed by atoms with van der Waals surface area (Å²) in [7, 11) is 0. The molecule has 3 amide bonds. The molecule has 13 nitrogen and oxygen atoms in total. The van der Waals surface area contributed by atoms with Crippen LogP contribution in [0.25, 0.3) is 10.4 Å². The molecule has 14 heteroatoms. The first-order chi connectivity index (χ1) is 15.5. The minimum absolute atomic E-state index is 0.272. The number of Topliss-reactive ketones (excluding diaryl/α,β-unsaturated/α-hetero) is 1. The highest BCUT2D eigenvalue weighted by Gasteiger charge is 2.29. The molecule has 0 aliphatic heterocycles. The van der Waals surface area contributed by atoms with Gasteiger partial charge in [-0.05, 0) is 31.2 Å². The molecule has 0 aromatic heterocycles. The predicted molar refractivity (Wildman–Crippen MR) is 118 cm³/mol. The van der Waals surface area contributed by atoms with Crippen LogP contribution in [0, 0.1) is 5.92 Å². The van der Waals surface area contributed by atoms with Gasteiger partial charge in [0.25, 0.3) is 0 Å². The largest absolute Gasteiger partial charge is 0.481 e. The van der Waals surface area contributed by atoms with Gasteiger partial charge in [0, 0.05) is 18.1 Å². The Morgan fingerprint density at radius 3 is 2.27 bits per heavy atom. The Balaban J connectivity index is 4.73. The molecule has 0 saturated heterocycles. The van der Waals surface area contributed by atoms with Crippen molar-refractivity contribution >= 4 is 41.1 Å². The van der Waals surface area contributed by atoms with E-state index >= 15 is 0 Å². The maximum absolute atomic E-state index is 12.6. The molecular formula is C19H31ClN6O7. The number of unbranched alkanes of at least 4 members (excludes halogenated alkanes) is 1. The minimum atomic E-state index is -1.32. The highest BCUT2D eigenvalue weighted by atomic mass is 35.5. The molecule has 0 fully saturated rings. The Hall–Kier alpha value is -2.89. The number of halogens is 1. The molecule has 4 N–H and O–H groups in total. The average Bonchev–Trinajstić information content (AvgIpc) is 2.74. The number of nitrogens with one attached hydrogen (secondary N) is 3. The fourth-order valence-electron chi connectivity index (χ4n) is 2.52. The normalized spacial score (nSPS) is 13.2. The molecule has 0 aromatic carbocycles. The number of hydrogen-bond donors (Lipinski definition) is 4. The maximum atomic E-state index is 12.6. The molecule has 0 rings (SSSR count). The van der Waals surface area contributed by atoms with Crippen LogP contribution < -0.4 is 16.0 Å². The van der Waals surface area contributed by atoms with Gasteiger partial charge in [0.15, 0.2) is 5.78 Å². The van der Waals surface area contributed by atoms with Gasteiger partial charge < -0.3 is 25.8 Å². The lowest BCUT2D eigenvalue weighted by Gasteiger charge is -2.24. The molecule has 0 aromatic rings. The molecule has 3 atom stereocenters. The fourth-order valence-corrected chi connectivity index (χ4v) is 2.71. The molecule has 33 heavy (non-hydrogen) atoms. The van der Waals surface area contributed by atoms with Crippen LogP contribution in [0.1, 0.15) is 40.0 Å². The van der Waals surface area contributed by atoms with Crippen LogP contribution in [0.15, 0.2) is 5.11 Å². The second-order valence-electron chi connectivity index (χ2n) is 7.49. The van der Waals surface area contributed by atoms with Crippen molar-refractivity contribution in [2.45, 2.75) is 58.2 Å². The fraction of sp³-hybridized carbons (Fsp3) is 0.737. The Labute approximate surface area is 196 Å². The number of azide groups is 1. The first kappa shape index (κ1) is 30.1. The van der Waals surface area contributed by atoms with Crippen molar-refractivity contribution in [3.05, 3.63) is 10.4 Å². The van der Waals surface area contributed by atoms with E-state index in [1.165, 1.54) is 6.92 Å². The average molecular weight is 491 g/mol. The van der Waals surface area contributed by atoms with Gasteiger partial charge in [-0.25, -0.2) is 0 Å². The third-order valence-electron chi connectivity index (χ3n) is 4.33. The number of carboxylic acids is 1. The summed E-state index contributed by atoms with van der Waals surface area (Å²) in [5.74, 6) is -4.68. The van der Waals surface area contributed by atoms with Crippen molar-refractivity contribution in [3.63, 3.8) is 0 Å². The second kappa shape index (κ2) is 16.7. The molecule has 0 unspecified atom stereocenters. The summed E-state index contributed by atoms with van der Waals surface area (Å²) < 4.78 is 5.23. The molecule has 0 aliphatic rings. The number of hydrogen-bond acceptors (Lipinski definition) is 7. The molecule has 0 bridgehead atoms. The summed E-state index contributed by atoms with van der Waals surface area (Å²) in [5, 5.41) is 19.5. The lowest BCUT2D eigenvalue weighted by atomic mass is 10.0. The van der Waals surface area contributed by atoms with E-state index in [4.69, 9.17) is 27.0 Å². The number of carbonyl (C=O) groups excluding carboxylic acids is 4. The van der Waals surface area contributed by atoms with E-state index in [0.717, 1.165) is 0 Å². The Morgan fingerprint density at radius 2 is 1.73 bits per heavy atom. The number of carbonyl (C=O) groups is 5. The number of amides is 3. The second-order valence-corrected chi connectivity index (χ2v) is 7.76. The number of ether oxygens (including phenoxy) is 1. The van der Waals surface area contributed by atoms with Gasteiger partial charge in [-0.3, -0.25) is 24.0 Å². The van der Waals surface area contributed by atoms with Crippen LogP contribution in [0.3, 0.4) is 0 Å². The quantitative estimate of drug-likeness (QED) is 0.0747. The maximum Gasteiger partial charge on any atom is 0.305 e. The van der Waals surface area contributed by atoms with Crippen molar-refractivity contribution in [1.82, 2.24) is 16.0 Å². The van der Waals surface area contributed by atoms with Gasteiger partial charge in [0.05, 0.1) is 18.3 Å². The van der Waals surface area contributed by atoms with E-state index in [0.29, 0.717) is 19.4 Å². The van der Waals surface area contributed by atoms with E-state index < -0.39 is 59.9 Å². The van der Waals surface area contributed by atoms with Crippen molar-refractivity contribution in [2.24, 2.45) is 11.0 Å². The summed E-state index contributed by atoms with van der Waals surface area (Å²) in [6.45, 7) is 5.11. The van der Waals surface area contributed by atoms with Gasteiger partial charge in [-0.1, -0.05) is 19.0 Å². The van der Waals surface area contributed by atoms with Crippen LogP contribution in [-0.4, -0.2) is 78.3 Å². The number of rotatable bonds is 17. The monoisotopic (exact) mass is 490 g/mol. The van der Waals surface area contributed by atoms with Gasteiger partial charge in [-0.15, -0.1) is 11.6 Å². The van der Waals surface area contributed by atoms with Crippen molar-refractivity contribution in [1.29, 1.82) is 0 Å². The highest BCUT2D eigenvalue weighted by Crippen LogP contribution is 2.04. The number of nitrogens with zero attached hydrogens (tertiary/aromatic N) is 3. The third-order valence-corrected chi connectivity index (χ3v) is 4.59. The summed E-state index contributed by atoms with van der Waals surface area (Å²) in [4.78, 5) is 62.3. The van der Waals surface area contributed by atoms with Crippen LogP contribution >= 0.6 is 11.6 Å². The number of aliphatic carboxylic acids is 1. The molecule has 0 saturated carbocycles. The molecule has 0 spiro atoms. The standard InChI is InChI=1S/C19H31ClN6O7/c1-11(2)17(25-15(28)10-33-7-5-4-6-22-26-21)19(32)23-12(3)18(31)24-13(8-16(29)30)14(27)9-20/h11-13,17H,4-10H2,1-3H3,(H,23,32)(H,24,31)(H,25,28)(H,29,30)/t12-,13-,17-/m0/s1. The molecule has 0 radical (unpaired) electrons. The first-order valence-electron chi connectivity index (χ1n) is 10.3. The number of alkyl halides is 1. The van der Waals surface area contributed by atoms with E-state index in [-0.39, 0.29) is 19.1 Å². The summed E-state index contributed by atoms with van der Waals surface area (Å²) >= 11 is 5.45. The van der Waals surface area contributed by atoms with Crippen LogP contribution in [0.5, 0.6) is 0 Å². The Bertz CT molecular complexity index is 742. The number of ketones is 1. The van der Waals surface area contributed by atoms with Crippen molar-refractivity contribution in [2.75, 3.05) is 25.6 Å². The van der Waals surface area contributed by atoms with E-state index in [2.05, 4.69) is 26.0 Å². The van der Waals surface area contributed by atoms with Crippen LogP contribution in [0.4, 0.5) is 0 Å². The smallest absolute Gasteiger partial charge is 0.305 e. The van der Waals surface area contributed by atoms with Crippen molar-refractivity contribution < 1.29 is 33.8 Å². The van der Waals surface area contributed by atoms with Gasteiger partial charge in [0.1, 0.15) is 18.7 Å². The lowest BCUT2D eigenvalue weighted by Crippen LogP contribution is -2.56. The van der Waals surface area contributed by atoms with Gasteiger partial charge in [0.2, 0.25) is 17.7 Å². The van der Waals surface area contributed by atoms with E-state index in [1.54, 1.807) is 13.8 Å². The third kappa shape index (κ3) is 13.3. The number of carboxylic acid groups (broad SMARTS) is 1. The minimum Gasteiger partial charge on any atom is -0.481 e. The van der Waals surface area contributed by atoms with Crippen LogP contribution in [0.2, 0.25) is 0 Å². The zero-order chi connectivity index (χ0) is 25.4. The molecule has 186 valence electrons. The molecular weight excluding hydrogens is 460 g/mol. The zero-order valence-electron chi connectivity index (χ0n) is 18.9. The SMILES string of the molecule is CC(C)[C@H](NC(=O)COCCCCN=[N+]=[N-])C(=O)N[C@@H](C)C(=O)N[C@@H](CC(=O)O)C(=O)CCl. The van der Waals surface area contributed by atoms with Gasteiger partial charge in [-0.2, -0.15) is 0 Å². The van der Waals surface area contributed by atoms with E-state index in [1.807, 2.05) is 0 Å². The summed E-state index contributed by atoms with van der Waals surface area (Å²) in [6, 6.07) is -3.39.